The van der Waals surface area contributed by atoms with Gasteiger partial charge in [-0.3, -0.25) is 4.79 Å². The van der Waals surface area contributed by atoms with Crippen LogP contribution in [0.15, 0.2) is 47.2 Å². The van der Waals surface area contributed by atoms with Gasteiger partial charge in [-0.25, -0.2) is 10.8 Å². The Labute approximate surface area is 99.4 Å². The predicted octanol–water partition coefficient (Wildman–Crippen LogP) is 0.913. The van der Waals surface area contributed by atoms with E-state index in [1.807, 2.05) is 24.3 Å². The van der Waals surface area contributed by atoms with Crippen LogP contribution in [0.25, 0.3) is 0 Å². The molecule has 0 spiro atoms. The number of carbonyl (C=O) groups excluding carboxylic acids is 1. The molecule has 17 heavy (non-hydrogen) atoms. The van der Waals surface area contributed by atoms with Crippen molar-refractivity contribution in [1.29, 1.82) is 0 Å². The minimum atomic E-state index is -0.168. The molecule has 2 rings (SSSR count). The number of carbonyl (C=O) groups is 1. The Morgan fingerprint density at radius 3 is 2.76 bits per heavy atom. The molecule has 0 saturated carbocycles. The minimum absolute atomic E-state index is 0.168. The summed E-state index contributed by atoms with van der Waals surface area (Å²) in [5.41, 5.74) is 3.11. The van der Waals surface area contributed by atoms with E-state index in [9.17, 15) is 4.79 Å². The highest BCUT2D eigenvalue weighted by molar-refractivity contribution is 5.95. The molecule has 88 valence electrons. The van der Waals surface area contributed by atoms with Crippen LogP contribution in [0.5, 0.6) is 0 Å². The zero-order chi connectivity index (χ0) is 12.1. The molecule has 5 nitrogen and oxygen atoms in total. The van der Waals surface area contributed by atoms with Gasteiger partial charge in [-0.15, -0.1) is 0 Å². The Hall–Kier alpha value is -2.14. The molecular weight excluding hydrogens is 216 g/mol. The average molecular weight is 230 g/mol. The minimum Gasteiger partial charge on any atom is -0.312 e. The van der Waals surface area contributed by atoms with Gasteiger partial charge in [-0.1, -0.05) is 18.2 Å². The molecule has 0 atom stereocenters. The van der Waals surface area contributed by atoms with Gasteiger partial charge >= 0.3 is 0 Å². The highest BCUT2D eigenvalue weighted by Gasteiger charge is 2.10. The molecule has 4 N–H and O–H groups in total. The summed E-state index contributed by atoms with van der Waals surface area (Å²) in [5.74, 6) is 6.34. The third-order valence-electron chi connectivity index (χ3n) is 2.42. The van der Waals surface area contributed by atoms with E-state index in [4.69, 9.17) is 5.84 Å². The van der Waals surface area contributed by atoms with E-state index < -0.39 is 0 Å². The number of nitrogens with two attached hydrogens (primary N) is 1. The van der Waals surface area contributed by atoms with Gasteiger partial charge < -0.3 is 10.7 Å². The highest BCUT2D eigenvalue weighted by Crippen LogP contribution is 2.08. The zero-order valence-electron chi connectivity index (χ0n) is 9.31. The summed E-state index contributed by atoms with van der Waals surface area (Å²) in [6, 6.07) is 9.01. The summed E-state index contributed by atoms with van der Waals surface area (Å²) in [6.07, 6.45) is 3.45. The maximum atomic E-state index is 11.8. The van der Waals surface area contributed by atoms with E-state index in [2.05, 4.69) is 15.7 Å². The van der Waals surface area contributed by atoms with Crippen LogP contribution in [0.2, 0.25) is 0 Å². The van der Waals surface area contributed by atoms with Crippen LogP contribution in [-0.4, -0.2) is 11.7 Å². The molecular formula is C12H14N4O. The van der Waals surface area contributed by atoms with Crippen molar-refractivity contribution in [3.8, 4) is 0 Å². The number of nitrogens with zero attached hydrogens (tertiary/aromatic N) is 1. The topological polar surface area (TPSA) is 79.5 Å². The fraction of sp³-hybridized carbons (Fsp3) is 0.167. The van der Waals surface area contributed by atoms with Gasteiger partial charge in [0, 0.05) is 12.0 Å². The van der Waals surface area contributed by atoms with Gasteiger partial charge in [0.05, 0.1) is 0 Å². The van der Waals surface area contributed by atoms with Gasteiger partial charge in [0.2, 0.25) is 0 Å². The molecule has 1 aliphatic heterocycles. The van der Waals surface area contributed by atoms with Crippen molar-refractivity contribution in [2.24, 2.45) is 10.8 Å². The lowest BCUT2D eigenvalue weighted by atomic mass is 10.2. The maximum Gasteiger partial charge on any atom is 0.256 e. The number of aliphatic imine (C=N–C) groups is 1. The molecule has 1 aliphatic rings. The van der Waals surface area contributed by atoms with E-state index in [0.29, 0.717) is 17.2 Å². The van der Waals surface area contributed by atoms with E-state index >= 15 is 0 Å². The number of allylic oxidation sites excluding steroid dienone is 1. The second-order valence-corrected chi connectivity index (χ2v) is 3.65. The fourth-order valence-electron chi connectivity index (χ4n) is 1.55. The van der Waals surface area contributed by atoms with Gasteiger partial charge in [-0.2, -0.15) is 0 Å². The molecule has 1 aromatic carbocycles. The molecule has 1 heterocycles. The Morgan fingerprint density at radius 2 is 2.06 bits per heavy atom. The monoisotopic (exact) mass is 230 g/mol. The third-order valence-corrected chi connectivity index (χ3v) is 2.42. The molecule has 0 aliphatic carbocycles. The smallest absolute Gasteiger partial charge is 0.256 e. The molecule has 0 saturated heterocycles. The molecule has 0 radical (unpaired) electrons. The lowest BCUT2D eigenvalue weighted by molar-refractivity contribution is 0.0965. The van der Waals surface area contributed by atoms with Crippen molar-refractivity contribution < 1.29 is 4.79 Å². The predicted molar refractivity (Wildman–Crippen MR) is 66.0 cm³/mol. The Bertz CT molecular complexity index is 465. The van der Waals surface area contributed by atoms with Crippen molar-refractivity contribution in [3.05, 3.63) is 47.8 Å². The van der Waals surface area contributed by atoms with E-state index in [-0.39, 0.29) is 5.91 Å². The van der Waals surface area contributed by atoms with E-state index in [0.717, 1.165) is 12.8 Å². The first kappa shape index (κ1) is 11.3. The molecule has 5 heteroatoms. The van der Waals surface area contributed by atoms with Gasteiger partial charge in [-0.05, 0) is 24.6 Å². The van der Waals surface area contributed by atoms with Crippen LogP contribution in [-0.2, 0) is 0 Å². The van der Waals surface area contributed by atoms with Gasteiger partial charge in [0.1, 0.15) is 11.7 Å². The number of benzene rings is 1. The molecule has 1 amide bonds. The second kappa shape index (κ2) is 5.27. The summed E-state index contributed by atoms with van der Waals surface area (Å²) in [6.45, 7) is 0. The Kier molecular flexibility index (Phi) is 3.52. The standard InChI is InChI=1S/C12H14N4O/c13-16-11-8-4-7-10(14-11)15-12(17)9-5-2-1-3-6-9/h1-3,5-7H,4,8,13H2,(H,14,16)(H,15,17). The third kappa shape index (κ3) is 2.92. The van der Waals surface area contributed by atoms with Crippen LogP contribution in [0.3, 0.4) is 0 Å². The first-order valence-corrected chi connectivity index (χ1v) is 5.40. The lowest BCUT2D eigenvalue weighted by Crippen LogP contribution is -2.33. The number of amides is 1. The molecule has 0 fully saturated rings. The number of hydrogen-bond acceptors (Lipinski definition) is 4. The maximum absolute atomic E-state index is 11.8. The Balaban J connectivity index is 2.05. The highest BCUT2D eigenvalue weighted by atomic mass is 16.1. The first-order valence-electron chi connectivity index (χ1n) is 5.40. The zero-order valence-corrected chi connectivity index (χ0v) is 9.31. The lowest BCUT2D eigenvalue weighted by Gasteiger charge is -2.13. The molecule has 0 aromatic heterocycles. The number of nitrogens with one attached hydrogen (secondary N) is 2. The number of amidine groups is 1. The average Bonchev–Trinajstić information content (AvgIpc) is 2.40. The summed E-state index contributed by atoms with van der Waals surface area (Å²) in [7, 11) is 0. The SMILES string of the molecule is NNC1=NC(NC(=O)c2ccccc2)=CCC1. The summed E-state index contributed by atoms with van der Waals surface area (Å²) < 4.78 is 0. The largest absolute Gasteiger partial charge is 0.312 e. The van der Waals surface area contributed by atoms with Crippen molar-refractivity contribution in [2.45, 2.75) is 12.8 Å². The molecule has 0 unspecified atom stereocenters. The van der Waals surface area contributed by atoms with Crippen LogP contribution in [0, 0.1) is 0 Å². The van der Waals surface area contributed by atoms with Gasteiger partial charge in [0.15, 0.2) is 0 Å². The number of rotatable bonds is 2. The van der Waals surface area contributed by atoms with Gasteiger partial charge in [0.25, 0.3) is 5.91 Å². The van der Waals surface area contributed by atoms with Crippen molar-refractivity contribution in [3.63, 3.8) is 0 Å². The van der Waals surface area contributed by atoms with E-state index in [1.54, 1.807) is 12.1 Å². The normalized spacial score (nSPS) is 14.6. The fourth-order valence-corrected chi connectivity index (χ4v) is 1.55. The summed E-state index contributed by atoms with van der Waals surface area (Å²) in [5, 5.41) is 2.74. The van der Waals surface area contributed by atoms with Crippen LogP contribution < -0.4 is 16.6 Å². The molecule has 0 bridgehead atoms. The number of hydrazine groups is 1. The number of hydrogen-bond donors (Lipinski definition) is 3. The summed E-state index contributed by atoms with van der Waals surface area (Å²) in [4.78, 5) is 16.0. The second-order valence-electron chi connectivity index (χ2n) is 3.65. The van der Waals surface area contributed by atoms with Crippen molar-refractivity contribution in [1.82, 2.24) is 10.7 Å². The summed E-state index contributed by atoms with van der Waals surface area (Å²) >= 11 is 0. The van der Waals surface area contributed by atoms with E-state index in [1.165, 1.54) is 0 Å². The van der Waals surface area contributed by atoms with Crippen LogP contribution in [0.4, 0.5) is 0 Å². The Morgan fingerprint density at radius 1 is 1.29 bits per heavy atom. The van der Waals surface area contributed by atoms with Crippen molar-refractivity contribution in [2.75, 3.05) is 0 Å². The van der Waals surface area contributed by atoms with Crippen LogP contribution >= 0.6 is 0 Å². The quantitative estimate of drug-likeness (QED) is 0.522. The molecule has 1 aromatic rings. The van der Waals surface area contributed by atoms with Crippen molar-refractivity contribution >= 4 is 11.7 Å². The first-order chi connectivity index (χ1) is 8.29. The van der Waals surface area contributed by atoms with Crippen LogP contribution in [0.1, 0.15) is 23.2 Å².